The van der Waals surface area contributed by atoms with Crippen LogP contribution in [0.25, 0.3) is 0 Å². The van der Waals surface area contributed by atoms with Crippen molar-refractivity contribution in [3.63, 3.8) is 0 Å². The third-order valence-electron chi connectivity index (χ3n) is 6.15. The molecule has 0 aromatic rings. The Balaban J connectivity index is 0.000000185. The number of hydrogen-bond donors (Lipinski definition) is 0. The highest BCUT2D eigenvalue weighted by Crippen LogP contribution is 2.33. The largest absolute Gasteiger partial charge is 0.378 e. The molecule has 3 aliphatic rings. The summed E-state index contributed by atoms with van der Waals surface area (Å²) in [4.78, 5) is 15.5. The summed E-state index contributed by atoms with van der Waals surface area (Å²) in [6.07, 6.45) is 10.4. The first-order chi connectivity index (χ1) is 11.7. The topological polar surface area (TPSA) is 32.8 Å². The van der Waals surface area contributed by atoms with E-state index in [0.717, 1.165) is 37.7 Å². The van der Waals surface area contributed by atoms with Gasteiger partial charge in [-0.15, -0.1) is 0 Å². The first-order valence-electron chi connectivity index (χ1n) is 10.2. The number of hydrogen-bond acceptors (Lipinski definition) is 4. The van der Waals surface area contributed by atoms with Crippen molar-refractivity contribution in [1.29, 1.82) is 0 Å². The zero-order valence-electron chi connectivity index (χ0n) is 16.1. The SMILES string of the molecule is CCC1CCN(C2CC(C=O)C2)CC1.CCOC1CCN(C)CC1. The molecule has 4 heteroatoms. The van der Waals surface area contributed by atoms with Crippen LogP contribution < -0.4 is 0 Å². The zero-order valence-corrected chi connectivity index (χ0v) is 16.1. The summed E-state index contributed by atoms with van der Waals surface area (Å²) in [7, 11) is 2.17. The van der Waals surface area contributed by atoms with Crippen molar-refractivity contribution in [2.75, 3.05) is 39.8 Å². The zero-order chi connectivity index (χ0) is 17.4. The maximum absolute atomic E-state index is 10.5. The van der Waals surface area contributed by atoms with Crippen molar-refractivity contribution in [2.45, 2.75) is 70.9 Å². The summed E-state index contributed by atoms with van der Waals surface area (Å²) >= 11 is 0. The van der Waals surface area contributed by atoms with Crippen LogP contribution in [0, 0.1) is 11.8 Å². The van der Waals surface area contributed by atoms with Crippen molar-refractivity contribution in [3.8, 4) is 0 Å². The molecule has 0 atom stereocenters. The fraction of sp³-hybridized carbons (Fsp3) is 0.950. The van der Waals surface area contributed by atoms with Crippen LogP contribution in [0.15, 0.2) is 0 Å². The molecule has 3 rings (SSSR count). The Hall–Kier alpha value is -0.450. The molecule has 0 radical (unpaired) electrons. The number of piperidine rings is 2. The summed E-state index contributed by atoms with van der Waals surface area (Å²) in [5.41, 5.74) is 0. The smallest absolute Gasteiger partial charge is 0.123 e. The highest BCUT2D eigenvalue weighted by Gasteiger charge is 2.34. The molecule has 2 saturated heterocycles. The standard InChI is InChI=1S/C12H21NO.C8H17NO/c1-2-10-3-5-13(6-4-10)12-7-11(8-12)9-14;1-3-10-8-4-6-9(2)7-5-8/h9-12H,2-8H2,1H3;8H,3-7H2,1-2H3. The Kier molecular flexibility index (Phi) is 8.71. The number of aldehydes is 1. The molecule has 0 unspecified atom stereocenters. The van der Waals surface area contributed by atoms with Gasteiger partial charge in [-0.25, -0.2) is 0 Å². The second-order valence-corrected chi connectivity index (χ2v) is 7.87. The predicted molar refractivity (Wildman–Crippen MR) is 99.3 cm³/mol. The molecule has 24 heavy (non-hydrogen) atoms. The summed E-state index contributed by atoms with van der Waals surface area (Å²) in [5, 5.41) is 0. The van der Waals surface area contributed by atoms with Crippen molar-refractivity contribution in [1.82, 2.24) is 9.80 Å². The van der Waals surface area contributed by atoms with Crippen molar-refractivity contribution in [2.24, 2.45) is 11.8 Å². The Morgan fingerprint density at radius 2 is 1.62 bits per heavy atom. The second-order valence-electron chi connectivity index (χ2n) is 7.87. The van der Waals surface area contributed by atoms with E-state index in [0.29, 0.717) is 12.0 Å². The summed E-state index contributed by atoms with van der Waals surface area (Å²) < 4.78 is 5.50. The first-order valence-corrected chi connectivity index (χ1v) is 10.2. The number of likely N-dealkylation sites (tertiary alicyclic amines) is 2. The molecule has 1 aliphatic carbocycles. The Bertz CT molecular complexity index is 342. The van der Waals surface area contributed by atoms with E-state index in [1.165, 1.54) is 58.3 Å². The van der Waals surface area contributed by atoms with Gasteiger partial charge in [-0.05, 0) is 71.5 Å². The molecule has 2 heterocycles. The number of rotatable bonds is 5. The molecular formula is C20H38N2O2. The van der Waals surface area contributed by atoms with E-state index in [2.05, 4.69) is 30.7 Å². The minimum atomic E-state index is 0.379. The molecule has 0 aromatic carbocycles. The molecular weight excluding hydrogens is 300 g/mol. The van der Waals surface area contributed by atoms with Gasteiger partial charge in [0.2, 0.25) is 0 Å². The minimum absolute atomic E-state index is 0.379. The van der Waals surface area contributed by atoms with Crippen LogP contribution in [0.2, 0.25) is 0 Å². The van der Waals surface area contributed by atoms with E-state index < -0.39 is 0 Å². The maximum Gasteiger partial charge on any atom is 0.123 e. The van der Waals surface area contributed by atoms with Gasteiger partial charge in [-0.3, -0.25) is 0 Å². The number of ether oxygens (including phenoxy) is 1. The minimum Gasteiger partial charge on any atom is -0.378 e. The molecule has 140 valence electrons. The normalized spacial score (nSPS) is 30.3. The molecule has 2 aliphatic heterocycles. The van der Waals surface area contributed by atoms with Gasteiger partial charge in [-0.1, -0.05) is 13.3 Å². The van der Waals surface area contributed by atoms with Crippen molar-refractivity contribution >= 4 is 6.29 Å². The monoisotopic (exact) mass is 338 g/mol. The molecule has 0 N–H and O–H groups in total. The lowest BCUT2D eigenvalue weighted by molar-refractivity contribution is -0.115. The average Bonchev–Trinajstić information content (AvgIpc) is 2.57. The van der Waals surface area contributed by atoms with Gasteiger partial charge in [-0.2, -0.15) is 0 Å². The average molecular weight is 339 g/mol. The third kappa shape index (κ3) is 6.12. The van der Waals surface area contributed by atoms with Crippen LogP contribution in [-0.2, 0) is 9.53 Å². The van der Waals surface area contributed by atoms with Crippen LogP contribution in [0.1, 0.15) is 58.8 Å². The number of nitrogens with zero attached hydrogens (tertiary/aromatic N) is 2. The summed E-state index contributed by atoms with van der Waals surface area (Å²) in [6, 6.07) is 0.739. The van der Waals surface area contributed by atoms with Crippen LogP contribution in [-0.4, -0.2) is 68.1 Å². The van der Waals surface area contributed by atoms with Gasteiger partial charge < -0.3 is 19.3 Å². The van der Waals surface area contributed by atoms with E-state index in [1.54, 1.807) is 0 Å². The molecule has 0 amide bonds. The van der Waals surface area contributed by atoms with Crippen molar-refractivity contribution in [3.05, 3.63) is 0 Å². The highest BCUT2D eigenvalue weighted by atomic mass is 16.5. The molecule has 0 aromatic heterocycles. The molecule has 4 nitrogen and oxygen atoms in total. The highest BCUT2D eigenvalue weighted by molar-refractivity contribution is 5.55. The fourth-order valence-corrected chi connectivity index (χ4v) is 4.15. The van der Waals surface area contributed by atoms with E-state index in [9.17, 15) is 4.79 Å². The van der Waals surface area contributed by atoms with Crippen LogP contribution >= 0.6 is 0 Å². The third-order valence-corrected chi connectivity index (χ3v) is 6.15. The van der Waals surface area contributed by atoms with Gasteiger partial charge in [0.25, 0.3) is 0 Å². The molecule has 3 fully saturated rings. The Morgan fingerprint density at radius 1 is 1.00 bits per heavy atom. The quantitative estimate of drug-likeness (QED) is 0.721. The summed E-state index contributed by atoms with van der Waals surface area (Å²) in [6.45, 7) is 10.2. The predicted octanol–water partition coefficient (Wildman–Crippen LogP) is 3.20. The first kappa shape index (κ1) is 19.9. The summed E-state index contributed by atoms with van der Waals surface area (Å²) in [5.74, 6) is 1.34. The lowest BCUT2D eigenvalue weighted by Gasteiger charge is -2.44. The van der Waals surface area contributed by atoms with Gasteiger partial charge in [0, 0.05) is 31.7 Å². The fourth-order valence-electron chi connectivity index (χ4n) is 4.15. The van der Waals surface area contributed by atoms with E-state index in [-0.39, 0.29) is 0 Å². The molecule has 1 saturated carbocycles. The lowest BCUT2D eigenvalue weighted by Crippen LogP contribution is -2.48. The van der Waals surface area contributed by atoms with Crippen LogP contribution in [0.3, 0.4) is 0 Å². The van der Waals surface area contributed by atoms with Crippen LogP contribution in [0.4, 0.5) is 0 Å². The van der Waals surface area contributed by atoms with E-state index in [4.69, 9.17) is 4.74 Å². The number of carbonyl (C=O) groups excluding carboxylic acids is 1. The maximum atomic E-state index is 10.5. The number of carbonyl (C=O) groups is 1. The van der Waals surface area contributed by atoms with Crippen molar-refractivity contribution < 1.29 is 9.53 Å². The Labute approximate surface area is 148 Å². The Morgan fingerprint density at radius 3 is 2.12 bits per heavy atom. The lowest BCUT2D eigenvalue weighted by atomic mass is 9.79. The van der Waals surface area contributed by atoms with Gasteiger partial charge in [0.1, 0.15) is 6.29 Å². The van der Waals surface area contributed by atoms with Gasteiger partial charge in [0.15, 0.2) is 0 Å². The van der Waals surface area contributed by atoms with Gasteiger partial charge >= 0.3 is 0 Å². The molecule has 0 bridgehead atoms. The van der Waals surface area contributed by atoms with E-state index in [1.807, 2.05) is 0 Å². The van der Waals surface area contributed by atoms with Crippen LogP contribution in [0.5, 0.6) is 0 Å². The second kappa shape index (κ2) is 10.5. The molecule has 0 spiro atoms. The van der Waals surface area contributed by atoms with E-state index >= 15 is 0 Å². The van der Waals surface area contributed by atoms with Gasteiger partial charge in [0.05, 0.1) is 6.10 Å².